The molecule has 4 fully saturated rings. The fraction of sp³-hybridized carbons (Fsp3) is 0.760. The van der Waals surface area contributed by atoms with E-state index in [-0.39, 0.29) is 65.3 Å². The predicted molar refractivity (Wildman–Crippen MR) is 242 cm³/mol. The molecule has 13 nitrogen and oxygen atoms in total. The summed E-state index contributed by atoms with van der Waals surface area (Å²) in [5.41, 5.74) is -0.0388. The number of carbonyl (C=O) groups excluding carboxylic acids is 2. The summed E-state index contributed by atoms with van der Waals surface area (Å²) in [5, 5.41) is 44.4. The first-order chi connectivity index (χ1) is 30.2. The Labute approximate surface area is 416 Å². The summed E-state index contributed by atoms with van der Waals surface area (Å²) in [6, 6.07) is 7.40. The topological polar surface area (TPSA) is 175 Å². The second-order valence-corrected chi connectivity index (χ2v) is 21.4. The smallest absolute Gasteiger partial charge is 0.550 e. The summed E-state index contributed by atoms with van der Waals surface area (Å²) in [4.78, 5) is 26.7. The number of carbonyl (C=O) groups is 2. The molecule has 65 heavy (non-hydrogen) atoms. The average Bonchev–Trinajstić information content (AvgIpc) is 3.89. The zero-order valence-corrected chi connectivity index (χ0v) is 44.2. The number of nitrogens with zero attached hydrogens (tertiary/aromatic N) is 3. The van der Waals surface area contributed by atoms with E-state index in [9.17, 15) is 24.9 Å². The minimum Gasteiger partial charge on any atom is -0.550 e. The molecule has 0 unspecified atom stereocenters. The van der Waals surface area contributed by atoms with Crippen LogP contribution in [0.5, 0.6) is 0 Å². The summed E-state index contributed by atoms with van der Waals surface area (Å²) in [5.74, 6) is -6.20. The zero-order valence-electron chi connectivity index (χ0n) is 40.6. The average molecular weight is 979 g/mol. The van der Waals surface area contributed by atoms with Gasteiger partial charge in [-0.1, -0.05) is 94.7 Å². The Bertz CT molecular complexity index is 1990. The molecule has 0 aliphatic carbocycles. The van der Waals surface area contributed by atoms with Gasteiger partial charge in [-0.05, 0) is 102 Å². The monoisotopic (exact) mass is 977 g/mol. The number of ether oxygens (including phenoxy) is 5. The van der Waals surface area contributed by atoms with Gasteiger partial charge >= 0.3 is 29.6 Å². The second-order valence-electron chi connectivity index (χ2n) is 20.5. The molecule has 5 aliphatic rings. The number of hydrogen-bond donors (Lipinski definition) is 2. The number of aliphatic hydroxyl groups excluding tert-OH is 1. The van der Waals surface area contributed by atoms with Crippen LogP contribution in [0.25, 0.3) is 11.3 Å². The number of benzene rings is 1. The summed E-state index contributed by atoms with van der Waals surface area (Å²) < 4.78 is 37.8. The van der Waals surface area contributed by atoms with Crippen molar-refractivity contribution in [1.82, 2.24) is 15.0 Å². The molecule has 0 saturated carbocycles. The van der Waals surface area contributed by atoms with Crippen molar-refractivity contribution in [2.75, 3.05) is 0 Å². The molecule has 1 aromatic carbocycles. The van der Waals surface area contributed by atoms with Crippen molar-refractivity contribution in [1.29, 1.82) is 0 Å². The van der Waals surface area contributed by atoms with Crippen molar-refractivity contribution in [3.8, 4) is 11.3 Å². The standard InChI is InChI=1S/C50H74BrN3O10.Na/c1-11-36(46(57)58)39-19-14-28(4)44(61-39)32(8)42(55)31(7)43(56)37(12-2)45-29(5)26-30(6)49(62-45)23-20-40(54-27-38(52-53-54)34-15-17-35(51)18-16-34)50(64-49)25-24-47(10,63-50)41-21-22-48(59,13-3)33(9)60-41;/h15-18,20,23,27-33,36-37,39-42,44-45,55,59H,11-14,19,21-22,24-26H2,1-10H3,(H,57,58);/q;+1/p-1/t28-,29-,30+,31-,32-,33-,36+,37-,39+,40-,41+,42+,44+,45-,47-,48+,49-,50-;/m0./s1. The molecule has 2 spiro atoms. The first-order valence-corrected chi connectivity index (χ1v) is 24.9. The molecule has 2 N–H and O–H groups in total. The van der Waals surface area contributed by atoms with Gasteiger partial charge in [-0.2, -0.15) is 0 Å². The summed E-state index contributed by atoms with van der Waals surface area (Å²) in [7, 11) is 0. The van der Waals surface area contributed by atoms with E-state index in [1.165, 1.54) is 0 Å². The van der Waals surface area contributed by atoms with Gasteiger partial charge in [0.1, 0.15) is 17.5 Å². The minimum atomic E-state index is -1.26. The van der Waals surface area contributed by atoms with Crippen LogP contribution in [-0.4, -0.2) is 96.4 Å². The molecular formula is C50H73BrN3NaO10. The molecule has 0 radical (unpaired) electrons. The summed E-state index contributed by atoms with van der Waals surface area (Å²) >= 11 is 3.53. The number of aliphatic carboxylic acids is 1. The Morgan fingerprint density at radius 2 is 1.63 bits per heavy atom. The van der Waals surface area contributed by atoms with Gasteiger partial charge < -0.3 is 43.8 Å². The van der Waals surface area contributed by atoms with Crippen molar-refractivity contribution in [2.24, 2.45) is 41.4 Å². The van der Waals surface area contributed by atoms with E-state index in [1.807, 2.05) is 75.8 Å². The molecule has 7 rings (SSSR count). The third-order valence-corrected chi connectivity index (χ3v) is 16.9. The molecule has 5 aliphatic heterocycles. The molecule has 6 heterocycles. The molecule has 4 saturated heterocycles. The molecule has 15 heteroatoms. The Morgan fingerprint density at radius 3 is 2.26 bits per heavy atom. The van der Waals surface area contributed by atoms with Crippen LogP contribution in [0.3, 0.4) is 0 Å². The molecule has 18 atom stereocenters. The van der Waals surface area contributed by atoms with Crippen LogP contribution in [0, 0.1) is 41.4 Å². The van der Waals surface area contributed by atoms with Crippen molar-refractivity contribution in [2.45, 2.75) is 199 Å². The Hall–Kier alpha value is -1.56. The van der Waals surface area contributed by atoms with Crippen LogP contribution in [-0.2, 0) is 33.3 Å². The third-order valence-electron chi connectivity index (χ3n) is 16.4. The zero-order chi connectivity index (χ0) is 46.5. The minimum absolute atomic E-state index is 0. The van der Waals surface area contributed by atoms with Crippen LogP contribution in [0.1, 0.15) is 139 Å². The Morgan fingerprint density at radius 1 is 0.938 bits per heavy atom. The number of Topliss-reactive ketones (excluding diaryl/α,β-unsaturated/α-hetero) is 1. The Kier molecular flexibility index (Phi) is 16.9. The number of hydrogen-bond acceptors (Lipinski definition) is 12. The number of halogens is 1. The van der Waals surface area contributed by atoms with Crippen LogP contribution in [0.4, 0.5) is 0 Å². The van der Waals surface area contributed by atoms with E-state index in [2.05, 4.69) is 60.0 Å². The van der Waals surface area contributed by atoms with Crippen molar-refractivity contribution in [3.05, 3.63) is 47.1 Å². The van der Waals surface area contributed by atoms with E-state index >= 15 is 0 Å². The van der Waals surface area contributed by atoms with Crippen LogP contribution >= 0.6 is 15.9 Å². The number of rotatable bonds is 14. The van der Waals surface area contributed by atoms with Gasteiger partial charge in [0, 0.05) is 52.0 Å². The SMILES string of the molecule is CC[C@@H](C(=O)[C@@H](C)[C@@H](O)[C@H](C)[C@@H]1O[C@@H]([C@@H](CC)C(=O)[O-])CC[C@@H]1C)[C@H]1O[C@]2(C=C[C@H](n3cc(-c4ccc(Br)cc4)nn3)[C@]3(CC[C@@](C)([C@H]4CC[C@](O)(CC)[C@H](C)O4)O3)O2)[C@H](C)C[C@@H]1C.[Na+]. The summed E-state index contributed by atoms with van der Waals surface area (Å²) in [6.07, 6.45) is 8.78. The van der Waals surface area contributed by atoms with Gasteiger partial charge in [-0.3, -0.25) is 4.79 Å². The number of ketones is 1. The quantitative estimate of drug-likeness (QED) is 0.197. The van der Waals surface area contributed by atoms with Gasteiger partial charge in [0.2, 0.25) is 0 Å². The molecular weight excluding hydrogens is 905 g/mol. The van der Waals surface area contributed by atoms with Crippen molar-refractivity contribution in [3.63, 3.8) is 0 Å². The number of aliphatic hydroxyl groups is 2. The molecule has 0 amide bonds. The van der Waals surface area contributed by atoms with Gasteiger partial charge in [0.05, 0.1) is 54.0 Å². The first kappa shape index (κ1) is 52.8. The normalized spacial score (nSPS) is 39.6. The van der Waals surface area contributed by atoms with Gasteiger partial charge in [-0.25, -0.2) is 4.68 Å². The fourth-order valence-corrected chi connectivity index (χ4v) is 12.2. The van der Waals surface area contributed by atoms with E-state index in [0.717, 1.165) is 16.5 Å². The number of aromatic nitrogens is 3. The molecule has 1 aromatic heterocycles. The number of carboxylic acids is 1. The Balaban J connectivity index is 0.00000700. The molecule has 0 bridgehead atoms. The van der Waals surface area contributed by atoms with Gasteiger partial charge in [-0.15, -0.1) is 5.10 Å². The maximum Gasteiger partial charge on any atom is 1.00 e. The summed E-state index contributed by atoms with van der Waals surface area (Å²) in [6.45, 7) is 19.8. The van der Waals surface area contributed by atoms with E-state index in [1.54, 1.807) is 6.92 Å². The third kappa shape index (κ3) is 10.2. The van der Waals surface area contributed by atoms with Crippen LogP contribution in [0.2, 0.25) is 0 Å². The van der Waals surface area contributed by atoms with Gasteiger partial charge in [0.25, 0.3) is 0 Å². The van der Waals surface area contributed by atoms with Crippen LogP contribution in [0.15, 0.2) is 47.1 Å². The first-order valence-electron chi connectivity index (χ1n) is 24.1. The number of carboxylic acid groups (broad SMARTS) is 1. The predicted octanol–water partition coefficient (Wildman–Crippen LogP) is 4.76. The van der Waals surface area contributed by atoms with Crippen LogP contribution < -0.4 is 34.7 Å². The van der Waals surface area contributed by atoms with Gasteiger partial charge in [0.15, 0.2) is 11.6 Å². The molecule has 356 valence electrons. The van der Waals surface area contributed by atoms with Crippen molar-refractivity contribution < 1.29 is 78.2 Å². The van der Waals surface area contributed by atoms with E-state index in [0.29, 0.717) is 63.5 Å². The maximum absolute atomic E-state index is 14.8. The van der Waals surface area contributed by atoms with E-state index in [4.69, 9.17) is 23.7 Å². The largest absolute Gasteiger partial charge is 1.00 e. The maximum atomic E-state index is 14.8. The fourth-order valence-electron chi connectivity index (χ4n) is 11.9. The molecule has 2 aromatic rings. The second kappa shape index (κ2) is 20.8. The van der Waals surface area contributed by atoms with Crippen molar-refractivity contribution >= 4 is 27.7 Å². The van der Waals surface area contributed by atoms with E-state index < -0.39 is 82.9 Å².